The molecule has 0 N–H and O–H groups in total. The third-order valence-corrected chi connectivity index (χ3v) is 6.65. The van der Waals surface area contributed by atoms with E-state index in [2.05, 4.69) is 40.0 Å². The van der Waals surface area contributed by atoms with Crippen LogP contribution in [-0.2, 0) is 9.53 Å². The molecule has 0 spiro atoms. The van der Waals surface area contributed by atoms with E-state index in [1.54, 1.807) is 0 Å². The molecule has 0 bridgehead atoms. The molecule has 3 fully saturated rings. The van der Waals surface area contributed by atoms with Crippen LogP contribution in [0.2, 0.25) is 0 Å². The van der Waals surface area contributed by atoms with Gasteiger partial charge in [0.25, 0.3) is 0 Å². The monoisotopic (exact) mass is 300 g/mol. The summed E-state index contributed by atoms with van der Waals surface area (Å²) in [4.78, 5) is 12.5. The molecule has 1 unspecified atom stereocenters. The Morgan fingerprint density at radius 1 is 1.41 bits per heavy atom. The van der Waals surface area contributed by atoms with Crippen molar-refractivity contribution in [2.75, 3.05) is 0 Å². The van der Waals surface area contributed by atoms with Crippen molar-refractivity contribution < 1.29 is 9.53 Å². The number of allylic oxidation sites excluding steroid dienone is 3. The first-order chi connectivity index (χ1) is 10.3. The first-order valence-corrected chi connectivity index (χ1v) is 8.51. The van der Waals surface area contributed by atoms with E-state index < -0.39 is 0 Å². The molecule has 0 aromatic rings. The Balaban J connectivity index is 1.98. The summed E-state index contributed by atoms with van der Waals surface area (Å²) in [7, 11) is 0. The Hall–Kier alpha value is -1.31. The lowest BCUT2D eigenvalue weighted by molar-refractivity contribution is -0.149. The molecule has 0 aromatic carbocycles. The molecule has 1 saturated heterocycles. The third-order valence-electron chi connectivity index (χ3n) is 6.65. The van der Waals surface area contributed by atoms with Crippen molar-refractivity contribution in [3.05, 3.63) is 36.5 Å². The van der Waals surface area contributed by atoms with Crippen LogP contribution >= 0.6 is 0 Å². The van der Waals surface area contributed by atoms with Crippen LogP contribution in [0.15, 0.2) is 36.5 Å². The van der Waals surface area contributed by atoms with Crippen LogP contribution in [-0.4, -0.2) is 12.1 Å². The minimum Gasteiger partial charge on any atom is -0.461 e. The predicted octanol–water partition coefficient (Wildman–Crippen LogP) is 4.82. The summed E-state index contributed by atoms with van der Waals surface area (Å²) in [6, 6.07) is 0. The molecule has 1 heterocycles. The average Bonchev–Trinajstić information content (AvgIpc) is 2.70. The van der Waals surface area contributed by atoms with Gasteiger partial charge in [0, 0.05) is 12.3 Å². The standard InChI is InChI=1S/C20H28O2/c1-6-13(2)8-9-15-14(3)12-16-17-19(15,4)10-7-11-20(17,5)18(21)22-16/h6,8,15-17H,1,3,7,9-12H2,2,4-5H3/b13-8+/t15-,16?,17+,19+,20-/m0/s1. The Kier molecular flexibility index (Phi) is 3.62. The molecule has 3 rings (SSSR count). The van der Waals surface area contributed by atoms with Crippen LogP contribution < -0.4 is 0 Å². The summed E-state index contributed by atoms with van der Waals surface area (Å²) in [5, 5.41) is 0. The predicted molar refractivity (Wildman–Crippen MR) is 89.3 cm³/mol. The van der Waals surface area contributed by atoms with Crippen LogP contribution in [0.5, 0.6) is 0 Å². The van der Waals surface area contributed by atoms with E-state index >= 15 is 0 Å². The number of esters is 1. The van der Waals surface area contributed by atoms with Crippen LogP contribution in [0.4, 0.5) is 0 Å². The molecule has 5 atom stereocenters. The van der Waals surface area contributed by atoms with Crippen molar-refractivity contribution in [3.8, 4) is 0 Å². The zero-order valence-electron chi connectivity index (χ0n) is 14.2. The first kappa shape index (κ1) is 15.6. The fourth-order valence-electron chi connectivity index (χ4n) is 5.52. The highest BCUT2D eigenvalue weighted by Crippen LogP contribution is 2.65. The van der Waals surface area contributed by atoms with Crippen LogP contribution in [0.3, 0.4) is 0 Å². The molecule has 1 aliphatic heterocycles. The second kappa shape index (κ2) is 5.11. The lowest BCUT2D eigenvalue weighted by Gasteiger charge is -2.55. The number of ether oxygens (including phenoxy) is 1. The SMILES string of the molecule is C=C/C(C)=C/C[C@H]1C(=C)CC2OC(=O)[C@@]3(C)CCC[C@@]1(C)[C@@H]23. The highest BCUT2D eigenvalue weighted by molar-refractivity contribution is 5.80. The minimum atomic E-state index is -0.284. The number of carbonyl (C=O) groups excluding carboxylic acids is 1. The van der Waals surface area contributed by atoms with Gasteiger partial charge in [-0.05, 0) is 44.4 Å². The topological polar surface area (TPSA) is 26.3 Å². The summed E-state index contributed by atoms with van der Waals surface area (Å²) < 4.78 is 5.78. The van der Waals surface area contributed by atoms with Crippen molar-refractivity contribution >= 4 is 5.97 Å². The minimum absolute atomic E-state index is 0.0275. The van der Waals surface area contributed by atoms with E-state index in [4.69, 9.17) is 4.74 Å². The van der Waals surface area contributed by atoms with E-state index in [1.807, 2.05) is 6.08 Å². The number of carbonyl (C=O) groups is 1. The lowest BCUT2D eigenvalue weighted by atomic mass is 9.47. The first-order valence-electron chi connectivity index (χ1n) is 8.51. The van der Waals surface area contributed by atoms with Gasteiger partial charge in [-0.3, -0.25) is 4.79 Å². The molecule has 0 aromatic heterocycles. The highest BCUT2D eigenvalue weighted by atomic mass is 16.6. The molecule has 2 heteroatoms. The summed E-state index contributed by atoms with van der Waals surface area (Å²) >= 11 is 0. The van der Waals surface area contributed by atoms with Crippen molar-refractivity contribution in [1.29, 1.82) is 0 Å². The van der Waals surface area contributed by atoms with Gasteiger partial charge in [0.05, 0.1) is 5.41 Å². The molecule has 2 saturated carbocycles. The fraction of sp³-hybridized carbons (Fsp3) is 0.650. The second-order valence-electron chi connectivity index (χ2n) is 8.00. The maximum atomic E-state index is 12.5. The summed E-state index contributed by atoms with van der Waals surface area (Å²) in [6.45, 7) is 14.8. The fourth-order valence-corrected chi connectivity index (χ4v) is 5.52. The Labute approximate surface area is 134 Å². The quantitative estimate of drug-likeness (QED) is 0.424. The van der Waals surface area contributed by atoms with E-state index in [9.17, 15) is 4.79 Å². The van der Waals surface area contributed by atoms with Gasteiger partial charge in [-0.15, -0.1) is 0 Å². The second-order valence-corrected chi connectivity index (χ2v) is 8.00. The van der Waals surface area contributed by atoms with Crippen LogP contribution in [0.1, 0.15) is 52.9 Å². The van der Waals surface area contributed by atoms with Gasteiger partial charge in [-0.25, -0.2) is 0 Å². The maximum Gasteiger partial charge on any atom is 0.312 e. The summed E-state index contributed by atoms with van der Waals surface area (Å²) in [5.41, 5.74) is 2.32. The van der Waals surface area contributed by atoms with Crippen molar-refractivity contribution in [2.24, 2.45) is 22.7 Å². The summed E-state index contributed by atoms with van der Waals surface area (Å²) in [6.07, 6.45) is 9.33. The van der Waals surface area contributed by atoms with Gasteiger partial charge in [0.1, 0.15) is 6.10 Å². The molecule has 2 aliphatic carbocycles. The largest absolute Gasteiger partial charge is 0.461 e. The van der Waals surface area contributed by atoms with Crippen molar-refractivity contribution in [2.45, 2.75) is 59.0 Å². The molecule has 0 radical (unpaired) electrons. The van der Waals surface area contributed by atoms with Gasteiger partial charge in [0.15, 0.2) is 0 Å². The van der Waals surface area contributed by atoms with Gasteiger partial charge in [0.2, 0.25) is 0 Å². The smallest absolute Gasteiger partial charge is 0.312 e. The van der Waals surface area contributed by atoms with E-state index in [-0.39, 0.29) is 22.9 Å². The molecule has 2 nitrogen and oxygen atoms in total. The van der Waals surface area contributed by atoms with Crippen LogP contribution in [0, 0.1) is 22.7 Å². The Morgan fingerprint density at radius 2 is 2.14 bits per heavy atom. The molecular formula is C20H28O2. The Morgan fingerprint density at radius 3 is 2.82 bits per heavy atom. The van der Waals surface area contributed by atoms with Gasteiger partial charge >= 0.3 is 5.97 Å². The molecule has 120 valence electrons. The zero-order valence-corrected chi connectivity index (χ0v) is 14.2. The maximum absolute atomic E-state index is 12.5. The Bertz CT molecular complexity index is 558. The van der Waals surface area contributed by atoms with Gasteiger partial charge in [-0.2, -0.15) is 0 Å². The lowest BCUT2D eigenvalue weighted by Crippen LogP contribution is -2.53. The molecule has 0 amide bonds. The molecule has 22 heavy (non-hydrogen) atoms. The third kappa shape index (κ3) is 2.03. The van der Waals surface area contributed by atoms with Gasteiger partial charge < -0.3 is 4.74 Å². The van der Waals surface area contributed by atoms with E-state index in [0.29, 0.717) is 11.8 Å². The van der Waals surface area contributed by atoms with Gasteiger partial charge in [-0.1, -0.05) is 49.8 Å². The highest BCUT2D eigenvalue weighted by Gasteiger charge is 2.65. The number of hydrogen-bond donors (Lipinski definition) is 0. The van der Waals surface area contributed by atoms with E-state index in [0.717, 1.165) is 25.7 Å². The molecular weight excluding hydrogens is 272 g/mol. The van der Waals surface area contributed by atoms with E-state index in [1.165, 1.54) is 17.6 Å². The van der Waals surface area contributed by atoms with Crippen LogP contribution in [0.25, 0.3) is 0 Å². The van der Waals surface area contributed by atoms with Crippen molar-refractivity contribution in [1.82, 2.24) is 0 Å². The number of hydrogen-bond acceptors (Lipinski definition) is 2. The van der Waals surface area contributed by atoms with Crippen molar-refractivity contribution in [3.63, 3.8) is 0 Å². The summed E-state index contributed by atoms with van der Waals surface area (Å²) in [5.74, 6) is 0.812. The molecule has 3 aliphatic rings. The average molecular weight is 300 g/mol. The normalized spacial score (nSPS) is 44.5. The number of rotatable bonds is 3. The zero-order chi connectivity index (χ0) is 16.1.